The van der Waals surface area contributed by atoms with Crippen LogP contribution < -0.4 is 0 Å². The van der Waals surface area contributed by atoms with E-state index in [-0.39, 0.29) is 0 Å². The molecule has 1 aliphatic heterocycles. The van der Waals surface area contributed by atoms with Crippen molar-refractivity contribution in [2.24, 2.45) is 4.99 Å². The van der Waals surface area contributed by atoms with Crippen LogP contribution in [-0.4, -0.2) is 23.9 Å². The van der Waals surface area contributed by atoms with Crippen molar-refractivity contribution in [3.63, 3.8) is 0 Å². The summed E-state index contributed by atoms with van der Waals surface area (Å²) in [5, 5.41) is 0. The van der Waals surface area contributed by atoms with Gasteiger partial charge in [-0.2, -0.15) is 0 Å². The zero-order valence-corrected chi connectivity index (χ0v) is 7.34. The zero-order valence-electron chi connectivity index (χ0n) is 7.34. The van der Waals surface area contributed by atoms with E-state index in [1.165, 1.54) is 0 Å². The van der Waals surface area contributed by atoms with Crippen LogP contribution >= 0.6 is 0 Å². The summed E-state index contributed by atoms with van der Waals surface area (Å²) in [7, 11) is 0. The third kappa shape index (κ3) is 2.56. The van der Waals surface area contributed by atoms with E-state index >= 15 is 0 Å². The van der Waals surface area contributed by atoms with Gasteiger partial charge in [0.05, 0.1) is 12.7 Å². The average Bonchev–Trinajstić information content (AvgIpc) is 2.18. The van der Waals surface area contributed by atoms with Crippen molar-refractivity contribution < 1.29 is 4.79 Å². The maximum atomic E-state index is 10.4. The van der Waals surface area contributed by atoms with Crippen LogP contribution in [0.1, 0.15) is 6.92 Å². The standard InChI is InChI=1S/C9H10N3O/c1-8(10-2)5-12-4-3-11-9(6-12)7-13/h2-3,5-7H,4H2,1H3/q+1/b8-5-. The van der Waals surface area contributed by atoms with Gasteiger partial charge in [0.1, 0.15) is 5.70 Å². The number of hydrogen-bond donors (Lipinski definition) is 0. The second-order valence-electron chi connectivity index (χ2n) is 2.58. The van der Waals surface area contributed by atoms with Crippen molar-refractivity contribution in [3.05, 3.63) is 28.6 Å². The second-order valence-corrected chi connectivity index (χ2v) is 2.58. The number of aldehydes is 1. The van der Waals surface area contributed by atoms with Gasteiger partial charge in [0, 0.05) is 19.3 Å². The molecule has 4 nitrogen and oxygen atoms in total. The molecule has 0 aromatic rings. The molecule has 13 heavy (non-hydrogen) atoms. The lowest BCUT2D eigenvalue weighted by Crippen LogP contribution is -2.17. The fourth-order valence-corrected chi connectivity index (χ4v) is 0.921. The zero-order chi connectivity index (χ0) is 9.68. The lowest BCUT2D eigenvalue weighted by molar-refractivity contribution is -0.105. The monoisotopic (exact) mass is 176 g/mol. The highest BCUT2D eigenvalue weighted by atomic mass is 16.1. The molecule has 0 spiro atoms. The Morgan fingerprint density at radius 2 is 2.62 bits per heavy atom. The topological polar surface area (TPSA) is 37.0 Å². The molecular formula is C9H10N3O+. The third-order valence-electron chi connectivity index (χ3n) is 1.51. The molecule has 4 heteroatoms. The molecule has 0 radical (unpaired) electrons. The van der Waals surface area contributed by atoms with Crippen LogP contribution in [0.4, 0.5) is 0 Å². The summed E-state index contributed by atoms with van der Waals surface area (Å²) < 4.78 is 0. The Morgan fingerprint density at radius 3 is 3.23 bits per heavy atom. The fourth-order valence-electron chi connectivity index (χ4n) is 0.921. The van der Waals surface area contributed by atoms with Crippen LogP contribution in [-0.2, 0) is 4.79 Å². The maximum absolute atomic E-state index is 10.4. The Morgan fingerprint density at radius 1 is 1.85 bits per heavy atom. The van der Waals surface area contributed by atoms with Crippen LogP contribution in [0.25, 0.3) is 4.85 Å². The highest BCUT2D eigenvalue weighted by molar-refractivity contribution is 5.78. The molecule has 0 saturated carbocycles. The van der Waals surface area contributed by atoms with E-state index in [4.69, 9.17) is 6.57 Å². The van der Waals surface area contributed by atoms with Gasteiger partial charge in [-0.1, -0.05) is 0 Å². The molecule has 0 atom stereocenters. The maximum Gasteiger partial charge on any atom is 0.329 e. The van der Waals surface area contributed by atoms with E-state index in [1.54, 1.807) is 30.4 Å². The lowest BCUT2D eigenvalue weighted by Gasteiger charge is -2.14. The summed E-state index contributed by atoms with van der Waals surface area (Å²) in [4.78, 5) is 19.5. The van der Waals surface area contributed by atoms with Crippen LogP contribution in [0.5, 0.6) is 0 Å². The van der Waals surface area contributed by atoms with Crippen LogP contribution in [0.3, 0.4) is 0 Å². The number of hydrogen-bond acceptors (Lipinski definition) is 3. The molecule has 1 heterocycles. The van der Waals surface area contributed by atoms with E-state index in [0.29, 0.717) is 24.2 Å². The van der Waals surface area contributed by atoms with Crippen molar-refractivity contribution in [1.82, 2.24) is 4.90 Å². The van der Waals surface area contributed by atoms with Gasteiger partial charge in [-0.05, 0) is 4.85 Å². The van der Waals surface area contributed by atoms with Gasteiger partial charge in [-0.25, -0.2) is 0 Å². The molecular weight excluding hydrogens is 166 g/mol. The summed E-state index contributed by atoms with van der Waals surface area (Å²) in [5.74, 6) is 0. The Kier molecular flexibility index (Phi) is 2.98. The van der Waals surface area contributed by atoms with E-state index in [2.05, 4.69) is 9.84 Å². The first-order valence-electron chi connectivity index (χ1n) is 3.81. The number of allylic oxidation sites excluding steroid dienone is 2. The van der Waals surface area contributed by atoms with Gasteiger partial charge in [0.2, 0.25) is 0 Å². The molecule has 1 aliphatic rings. The van der Waals surface area contributed by atoms with Crippen LogP contribution in [0.2, 0.25) is 0 Å². The van der Waals surface area contributed by atoms with E-state index in [1.807, 2.05) is 0 Å². The van der Waals surface area contributed by atoms with Crippen LogP contribution in [0, 0.1) is 6.57 Å². The van der Waals surface area contributed by atoms with Crippen molar-refractivity contribution in [1.29, 1.82) is 0 Å². The summed E-state index contributed by atoms with van der Waals surface area (Å²) in [5.41, 5.74) is 1.09. The first kappa shape index (κ1) is 9.20. The number of carbonyl (C=O) groups is 1. The number of nitrogens with zero attached hydrogens (tertiary/aromatic N) is 3. The number of carbonyl (C=O) groups excluding carboxylic acids is 1. The molecule has 0 amide bonds. The van der Waals surface area contributed by atoms with Crippen molar-refractivity contribution in [3.8, 4) is 6.57 Å². The summed E-state index contributed by atoms with van der Waals surface area (Å²) in [6.45, 7) is 7.47. The van der Waals surface area contributed by atoms with Gasteiger partial charge < -0.3 is 4.90 Å². The highest BCUT2D eigenvalue weighted by Crippen LogP contribution is 2.05. The van der Waals surface area contributed by atoms with Gasteiger partial charge in [-0.3, -0.25) is 9.79 Å². The third-order valence-corrected chi connectivity index (χ3v) is 1.51. The largest absolute Gasteiger partial charge is 0.340 e. The molecule has 0 fully saturated rings. The van der Waals surface area contributed by atoms with Crippen molar-refractivity contribution in [2.75, 3.05) is 6.54 Å². The molecule has 0 saturated heterocycles. The highest BCUT2D eigenvalue weighted by Gasteiger charge is 2.06. The molecule has 0 aromatic heterocycles. The first-order chi connectivity index (χ1) is 6.26. The minimum atomic E-state index is 0.396. The van der Waals surface area contributed by atoms with E-state index in [0.717, 1.165) is 0 Å². The van der Waals surface area contributed by atoms with Gasteiger partial charge in [0.15, 0.2) is 6.29 Å². The molecule has 66 valence electrons. The molecule has 0 bridgehead atoms. The van der Waals surface area contributed by atoms with E-state index in [9.17, 15) is 4.79 Å². The summed E-state index contributed by atoms with van der Waals surface area (Å²) >= 11 is 0. The minimum Gasteiger partial charge on any atom is -0.340 e. The fraction of sp³-hybridized carbons (Fsp3) is 0.222. The molecule has 1 rings (SSSR count). The average molecular weight is 176 g/mol. The Balaban J connectivity index is 2.76. The van der Waals surface area contributed by atoms with Gasteiger partial charge in [-0.15, -0.1) is 0 Å². The SMILES string of the molecule is C#[N+]/C(C)=C\N1C=C(C=O)N=CC1. The summed E-state index contributed by atoms with van der Waals surface area (Å²) in [6, 6.07) is 0. The van der Waals surface area contributed by atoms with Crippen molar-refractivity contribution in [2.45, 2.75) is 6.92 Å². The quantitative estimate of drug-likeness (QED) is 0.593. The van der Waals surface area contributed by atoms with E-state index < -0.39 is 0 Å². The molecule has 0 N–H and O–H groups in total. The van der Waals surface area contributed by atoms with Crippen molar-refractivity contribution >= 4 is 12.5 Å². The number of aliphatic imine (C=N–C) groups is 1. The molecule has 0 aliphatic carbocycles. The normalized spacial score (nSPS) is 16.5. The number of rotatable bonds is 2. The summed E-state index contributed by atoms with van der Waals surface area (Å²) in [6.07, 6.45) is 5.74. The lowest BCUT2D eigenvalue weighted by atomic mass is 10.4. The molecule has 0 unspecified atom stereocenters. The Hall–Kier alpha value is -1.89. The predicted molar refractivity (Wildman–Crippen MR) is 51.4 cm³/mol. The Labute approximate surface area is 76.7 Å². The van der Waals surface area contributed by atoms with Gasteiger partial charge >= 0.3 is 5.70 Å². The smallest absolute Gasteiger partial charge is 0.329 e. The Bertz CT molecular complexity index is 333. The molecule has 0 aromatic carbocycles. The van der Waals surface area contributed by atoms with Crippen LogP contribution in [0.15, 0.2) is 28.8 Å². The second kappa shape index (κ2) is 4.21. The minimum absolute atomic E-state index is 0.396. The van der Waals surface area contributed by atoms with Gasteiger partial charge in [0.25, 0.3) is 6.57 Å². The first-order valence-corrected chi connectivity index (χ1v) is 3.81. The predicted octanol–water partition coefficient (Wildman–Crippen LogP) is 1.24.